The van der Waals surface area contributed by atoms with Crippen LogP contribution < -0.4 is 0 Å². The minimum atomic E-state index is -0.166. The third kappa shape index (κ3) is 2.51. The Bertz CT molecular complexity index is 285. The highest BCUT2D eigenvalue weighted by Gasteiger charge is 2.47. The van der Waals surface area contributed by atoms with Crippen LogP contribution >= 0.6 is 0 Å². The number of hydrogen-bond donors (Lipinski definition) is 0. The van der Waals surface area contributed by atoms with Crippen LogP contribution in [0.25, 0.3) is 0 Å². The van der Waals surface area contributed by atoms with Gasteiger partial charge in [-0.2, -0.15) is 0 Å². The first-order chi connectivity index (χ1) is 8.04. The lowest BCUT2D eigenvalue weighted by molar-refractivity contribution is -0.173. The number of fused-ring (bicyclic) bond motifs is 2. The first kappa shape index (κ1) is 12.9. The summed E-state index contributed by atoms with van der Waals surface area (Å²) >= 11 is 0. The molecular formula is C15H26O2. The number of carbonyl (C=O) groups is 1. The van der Waals surface area contributed by atoms with Crippen LogP contribution in [0, 0.1) is 17.8 Å². The molecule has 0 N–H and O–H groups in total. The van der Waals surface area contributed by atoms with E-state index >= 15 is 0 Å². The van der Waals surface area contributed by atoms with Gasteiger partial charge in [0.1, 0.15) is 5.60 Å². The second-order valence-electron chi connectivity index (χ2n) is 6.33. The molecule has 0 aliphatic heterocycles. The van der Waals surface area contributed by atoms with Gasteiger partial charge in [0.15, 0.2) is 0 Å². The maximum Gasteiger partial charge on any atom is 0.303 e. The van der Waals surface area contributed by atoms with Crippen molar-refractivity contribution in [2.24, 2.45) is 17.8 Å². The fourth-order valence-corrected chi connectivity index (χ4v) is 4.10. The molecule has 17 heavy (non-hydrogen) atoms. The van der Waals surface area contributed by atoms with E-state index < -0.39 is 0 Å². The topological polar surface area (TPSA) is 26.3 Å². The molecule has 3 unspecified atom stereocenters. The van der Waals surface area contributed by atoms with Crippen molar-refractivity contribution >= 4 is 5.97 Å². The molecule has 0 spiro atoms. The van der Waals surface area contributed by atoms with Crippen molar-refractivity contribution in [3.05, 3.63) is 0 Å². The monoisotopic (exact) mass is 238 g/mol. The van der Waals surface area contributed by atoms with Crippen LogP contribution in [0.4, 0.5) is 0 Å². The van der Waals surface area contributed by atoms with Gasteiger partial charge in [0.2, 0.25) is 0 Å². The zero-order valence-corrected chi connectivity index (χ0v) is 11.5. The Morgan fingerprint density at radius 3 is 2.65 bits per heavy atom. The molecule has 0 aromatic rings. The average molecular weight is 238 g/mol. The van der Waals surface area contributed by atoms with Crippen LogP contribution in [0.15, 0.2) is 0 Å². The van der Waals surface area contributed by atoms with Crippen LogP contribution in [0.1, 0.15) is 65.7 Å². The summed E-state index contributed by atoms with van der Waals surface area (Å²) < 4.78 is 5.87. The van der Waals surface area contributed by atoms with Crippen LogP contribution in [-0.2, 0) is 9.53 Å². The Balaban J connectivity index is 2.23. The molecule has 2 bridgehead atoms. The van der Waals surface area contributed by atoms with Crippen molar-refractivity contribution in [2.45, 2.75) is 71.3 Å². The summed E-state index contributed by atoms with van der Waals surface area (Å²) in [7, 11) is 0. The lowest BCUT2D eigenvalue weighted by atomic mass is 9.72. The smallest absolute Gasteiger partial charge is 0.303 e. The van der Waals surface area contributed by atoms with Crippen LogP contribution in [-0.4, -0.2) is 11.6 Å². The van der Waals surface area contributed by atoms with Gasteiger partial charge >= 0.3 is 5.97 Å². The van der Waals surface area contributed by atoms with E-state index in [1.807, 2.05) is 0 Å². The SMILES string of the molecule is CC(=O)OC1(C(C)C)CCCCC2CCC1C2. The fraction of sp³-hybridized carbons (Fsp3) is 0.933. The van der Waals surface area contributed by atoms with Gasteiger partial charge in [-0.15, -0.1) is 0 Å². The van der Waals surface area contributed by atoms with Crippen molar-refractivity contribution < 1.29 is 9.53 Å². The zero-order chi connectivity index (χ0) is 12.5. The molecular weight excluding hydrogens is 212 g/mol. The maximum absolute atomic E-state index is 11.5. The molecule has 0 heterocycles. The Hall–Kier alpha value is -0.530. The van der Waals surface area contributed by atoms with Crippen molar-refractivity contribution in [1.29, 1.82) is 0 Å². The largest absolute Gasteiger partial charge is 0.459 e. The van der Waals surface area contributed by atoms with E-state index in [1.54, 1.807) is 6.92 Å². The van der Waals surface area contributed by atoms with Gasteiger partial charge < -0.3 is 4.74 Å². The van der Waals surface area contributed by atoms with Gasteiger partial charge in [-0.25, -0.2) is 0 Å². The summed E-state index contributed by atoms with van der Waals surface area (Å²) in [6.07, 6.45) is 8.89. The molecule has 2 aliphatic carbocycles. The summed E-state index contributed by atoms with van der Waals surface area (Å²) in [5.74, 6) is 1.85. The van der Waals surface area contributed by atoms with E-state index in [-0.39, 0.29) is 11.6 Å². The number of carbonyl (C=O) groups excluding carboxylic acids is 1. The molecule has 2 rings (SSSR count). The molecule has 2 fully saturated rings. The normalized spacial score (nSPS) is 37.6. The van der Waals surface area contributed by atoms with Gasteiger partial charge in [0, 0.05) is 6.92 Å². The van der Waals surface area contributed by atoms with E-state index in [0.29, 0.717) is 11.8 Å². The first-order valence-electron chi connectivity index (χ1n) is 7.24. The molecule has 98 valence electrons. The number of hydrogen-bond acceptors (Lipinski definition) is 2. The van der Waals surface area contributed by atoms with Crippen LogP contribution in [0.2, 0.25) is 0 Å². The molecule has 0 radical (unpaired) electrons. The second kappa shape index (κ2) is 4.99. The molecule has 2 nitrogen and oxygen atoms in total. The highest BCUT2D eigenvalue weighted by atomic mass is 16.6. The van der Waals surface area contributed by atoms with Crippen LogP contribution in [0.5, 0.6) is 0 Å². The van der Waals surface area contributed by atoms with E-state index in [1.165, 1.54) is 38.5 Å². The molecule has 0 aromatic carbocycles. The number of ether oxygens (including phenoxy) is 1. The molecule has 0 amide bonds. The molecule has 0 saturated heterocycles. The molecule has 2 heteroatoms. The summed E-state index contributed by atoms with van der Waals surface area (Å²) in [6, 6.07) is 0. The zero-order valence-electron chi connectivity index (χ0n) is 11.5. The summed E-state index contributed by atoms with van der Waals surface area (Å²) in [5, 5.41) is 0. The standard InChI is InChI=1S/C15H26O2/c1-11(2)15(17-12(3)16)9-5-4-6-13-7-8-14(15)10-13/h11,13-14H,4-10H2,1-3H3. The predicted octanol–water partition coefficient (Wildman–Crippen LogP) is 3.93. The lowest BCUT2D eigenvalue weighted by Crippen LogP contribution is -2.46. The number of esters is 1. The Labute approximate surface area is 105 Å². The minimum Gasteiger partial charge on any atom is -0.459 e. The third-order valence-electron chi connectivity index (χ3n) is 4.97. The van der Waals surface area contributed by atoms with Gasteiger partial charge in [-0.3, -0.25) is 4.79 Å². The van der Waals surface area contributed by atoms with E-state index in [0.717, 1.165) is 12.3 Å². The Kier molecular flexibility index (Phi) is 3.79. The minimum absolute atomic E-state index is 0.0947. The maximum atomic E-state index is 11.5. The molecule has 2 aliphatic rings. The van der Waals surface area contributed by atoms with Crippen molar-refractivity contribution in [3.8, 4) is 0 Å². The third-order valence-corrected chi connectivity index (χ3v) is 4.97. The van der Waals surface area contributed by atoms with E-state index in [2.05, 4.69) is 13.8 Å². The molecule has 0 aromatic heterocycles. The van der Waals surface area contributed by atoms with Crippen molar-refractivity contribution in [3.63, 3.8) is 0 Å². The van der Waals surface area contributed by atoms with Crippen molar-refractivity contribution in [2.75, 3.05) is 0 Å². The van der Waals surface area contributed by atoms with E-state index in [9.17, 15) is 4.79 Å². The summed E-state index contributed by atoms with van der Waals surface area (Å²) in [5.41, 5.74) is -0.166. The predicted molar refractivity (Wildman–Crippen MR) is 68.6 cm³/mol. The van der Waals surface area contributed by atoms with Gasteiger partial charge in [0.25, 0.3) is 0 Å². The summed E-state index contributed by atoms with van der Waals surface area (Å²) in [6.45, 7) is 6.01. The average Bonchev–Trinajstić information content (AvgIpc) is 2.69. The summed E-state index contributed by atoms with van der Waals surface area (Å²) in [4.78, 5) is 11.5. The second-order valence-corrected chi connectivity index (χ2v) is 6.33. The fourth-order valence-electron chi connectivity index (χ4n) is 4.10. The van der Waals surface area contributed by atoms with Gasteiger partial charge in [-0.1, -0.05) is 33.1 Å². The molecule has 3 atom stereocenters. The van der Waals surface area contributed by atoms with Gasteiger partial charge in [-0.05, 0) is 43.4 Å². The quantitative estimate of drug-likeness (QED) is 0.681. The molecule has 2 saturated carbocycles. The number of rotatable bonds is 2. The first-order valence-corrected chi connectivity index (χ1v) is 7.24. The lowest BCUT2D eigenvalue weighted by Gasteiger charge is -2.43. The van der Waals surface area contributed by atoms with Crippen molar-refractivity contribution in [1.82, 2.24) is 0 Å². The Morgan fingerprint density at radius 1 is 1.24 bits per heavy atom. The van der Waals surface area contributed by atoms with Gasteiger partial charge in [0.05, 0.1) is 0 Å². The van der Waals surface area contributed by atoms with Crippen LogP contribution in [0.3, 0.4) is 0 Å². The van der Waals surface area contributed by atoms with E-state index in [4.69, 9.17) is 4.74 Å². The highest BCUT2D eigenvalue weighted by Crippen LogP contribution is 2.49. The highest BCUT2D eigenvalue weighted by molar-refractivity contribution is 5.66. The Morgan fingerprint density at radius 2 is 2.00 bits per heavy atom.